The van der Waals surface area contributed by atoms with Gasteiger partial charge >= 0.3 is 0 Å². The lowest BCUT2D eigenvalue weighted by Gasteiger charge is -2.17. The van der Waals surface area contributed by atoms with Crippen molar-refractivity contribution in [3.63, 3.8) is 0 Å². The molecule has 1 aromatic heterocycles. The highest BCUT2D eigenvalue weighted by atomic mass is 32.2. The molecule has 0 bridgehead atoms. The van der Waals surface area contributed by atoms with Gasteiger partial charge in [0.05, 0.1) is 11.3 Å². The highest BCUT2D eigenvalue weighted by Gasteiger charge is 2.20. The van der Waals surface area contributed by atoms with Gasteiger partial charge in [0.1, 0.15) is 11.6 Å². The summed E-state index contributed by atoms with van der Waals surface area (Å²) < 4.78 is 30.1. The predicted octanol–water partition coefficient (Wildman–Crippen LogP) is 4.96. The number of aromatic nitrogens is 3. The Labute approximate surface area is 188 Å². The zero-order chi connectivity index (χ0) is 22.5. The molecule has 4 aromatic rings. The smallest absolute Gasteiger partial charge is 0.233 e. The molecule has 3 aromatic carbocycles. The topological polar surface area (TPSA) is 51.0 Å². The van der Waals surface area contributed by atoms with Gasteiger partial charge in [0.15, 0.2) is 11.0 Å². The molecule has 8 heteroatoms. The van der Waals surface area contributed by atoms with Gasteiger partial charge in [-0.2, -0.15) is 0 Å². The molecular weight excluding hydrogens is 430 g/mol. The van der Waals surface area contributed by atoms with Gasteiger partial charge in [-0.15, -0.1) is 10.2 Å². The molecule has 162 valence electrons. The number of hydrogen-bond acceptors (Lipinski definition) is 4. The van der Waals surface area contributed by atoms with Crippen molar-refractivity contribution in [3.8, 4) is 17.1 Å². The first kappa shape index (κ1) is 21.7. The average molecular weight is 451 g/mol. The molecule has 0 radical (unpaired) electrons. The van der Waals surface area contributed by atoms with E-state index >= 15 is 0 Å². The van der Waals surface area contributed by atoms with E-state index in [1.54, 1.807) is 48.0 Å². The molecule has 1 heterocycles. The van der Waals surface area contributed by atoms with Gasteiger partial charge in [-0.3, -0.25) is 9.36 Å². The molecule has 5 nitrogen and oxygen atoms in total. The summed E-state index contributed by atoms with van der Waals surface area (Å²) in [6.45, 7) is 0.165. The first-order valence-electron chi connectivity index (χ1n) is 9.90. The van der Waals surface area contributed by atoms with Crippen LogP contribution in [0.3, 0.4) is 0 Å². The number of halogens is 2. The molecule has 0 aliphatic carbocycles. The Morgan fingerprint density at radius 3 is 2.28 bits per heavy atom. The predicted molar refractivity (Wildman–Crippen MR) is 120 cm³/mol. The standard InChI is InChI=1S/C24H20F2N4OS/c1-29(15-17-9-5-7-13-20(17)25)22(31)16-32-24-28-27-23(19-12-6-8-14-21(19)26)30(24)18-10-3-2-4-11-18/h2-14H,15-16H2,1H3. The summed E-state index contributed by atoms with van der Waals surface area (Å²) >= 11 is 1.20. The monoisotopic (exact) mass is 450 g/mol. The third kappa shape index (κ3) is 4.70. The van der Waals surface area contributed by atoms with E-state index in [-0.39, 0.29) is 24.0 Å². The van der Waals surface area contributed by atoms with Crippen LogP contribution < -0.4 is 0 Å². The highest BCUT2D eigenvalue weighted by Crippen LogP contribution is 2.29. The largest absolute Gasteiger partial charge is 0.341 e. The summed E-state index contributed by atoms with van der Waals surface area (Å²) in [6.07, 6.45) is 0. The number of para-hydroxylation sites is 1. The molecule has 0 fully saturated rings. The van der Waals surface area contributed by atoms with E-state index in [1.807, 2.05) is 30.3 Å². The Balaban J connectivity index is 1.57. The fraction of sp³-hybridized carbons (Fsp3) is 0.125. The Kier molecular flexibility index (Phi) is 6.61. The van der Waals surface area contributed by atoms with Gasteiger partial charge in [-0.25, -0.2) is 8.78 Å². The van der Waals surface area contributed by atoms with Crippen molar-refractivity contribution in [3.05, 3.63) is 96.1 Å². The Morgan fingerprint density at radius 1 is 0.906 bits per heavy atom. The van der Waals surface area contributed by atoms with Crippen molar-refractivity contribution < 1.29 is 13.6 Å². The van der Waals surface area contributed by atoms with Crippen molar-refractivity contribution in [2.24, 2.45) is 0 Å². The fourth-order valence-corrected chi connectivity index (χ4v) is 4.09. The van der Waals surface area contributed by atoms with Crippen LogP contribution in [0.25, 0.3) is 17.1 Å². The molecule has 0 aliphatic heterocycles. The minimum Gasteiger partial charge on any atom is -0.341 e. The molecule has 32 heavy (non-hydrogen) atoms. The Hall–Kier alpha value is -3.52. The maximum Gasteiger partial charge on any atom is 0.233 e. The second-order valence-electron chi connectivity index (χ2n) is 7.09. The molecule has 0 spiro atoms. The summed E-state index contributed by atoms with van der Waals surface area (Å²) in [5.41, 5.74) is 1.52. The lowest BCUT2D eigenvalue weighted by Crippen LogP contribution is -2.28. The second-order valence-corrected chi connectivity index (χ2v) is 8.03. The van der Waals surface area contributed by atoms with E-state index in [1.165, 1.54) is 28.8 Å². The maximum absolute atomic E-state index is 14.5. The van der Waals surface area contributed by atoms with Crippen LogP contribution >= 0.6 is 11.8 Å². The maximum atomic E-state index is 14.5. The number of amides is 1. The normalized spacial score (nSPS) is 10.8. The summed E-state index contributed by atoms with van der Waals surface area (Å²) in [6, 6.07) is 22.1. The van der Waals surface area contributed by atoms with E-state index in [4.69, 9.17) is 0 Å². The van der Waals surface area contributed by atoms with E-state index in [0.29, 0.717) is 22.1 Å². The number of hydrogen-bond donors (Lipinski definition) is 0. The van der Waals surface area contributed by atoms with Gasteiger partial charge in [0.25, 0.3) is 0 Å². The second kappa shape index (κ2) is 9.74. The quantitative estimate of drug-likeness (QED) is 0.374. The van der Waals surface area contributed by atoms with Crippen LogP contribution in [0, 0.1) is 11.6 Å². The van der Waals surface area contributed by atoms with Gasteiger partial charge in [0, 0.05) is 24.8 Å². The van der Waals surface area contributed by atoms with Crippen molar-refractivity contribution in [2.45, 2.75) is 11.7 Å². The van der Waals surface area contributed by atoms with E-state index in [2.05, 4.69) is 10.2 Å². The molecule has 0 saturated carbocycles. The number of carbonyl (C=O) groups excluding carboxylic acids is 1. The first-order chi connectivity index (χ1) is 15.5. The van der Waals surface area contributed by atoms with Crippen molar-refractivity contribution >= 4 is 17.7 Å². The molecular formula is C24H20F2N4OS. The van der Waals surface area contributed by atoms with Crippen LogP contribution in [-0.4, -0.2) is 38.4 Å². The Bertz CT molecular complexity index is 1230. The lowest BCUT2D eigenvalue weighted by atomic mass is 10.2. The third-order valence-corrected chi connectivity index (χ3v) is 5.79. The van der Waals surface area contributed by atoms with E-state index in [0.717, 1.165) is 5.69 Å². The SMILES string of the molecule is CN(Cc1ccccc1F)C(=O)CSc1nnc(-c2ccccc2F)n1-c1ccccc1. The van der Waals surface area contributed by atoms with Crippen LogP contribution in [0.5, 0.6) is 0 Å². The van der Waals surface area contributed by atoms with Gasteiger partial charge < -0.3 is 4.90 Å². The van der Waals surface area contributed by atoms with Crippen LogP contribution in [0.1, 0.15) is 5.56 Å². The summed E-state index contributed by atoms with van der Waals surface area (Å²) in [5, 5.41) is 8.88. The van der Waals surface area contributed by atoms with Gasteiger partial charge in [-0.1, -0.05) is 60.3 Å². The minimum absolute atomic E-state index is 0.0766. The van der Waals surface area contributed by atoms with Crippen LogP contribution in [0.15, 0.2) is 84.0 Å². The Morgan fingerprint density at radius 2 is 1.56 bits per heavy atom. The zero-order valence-corrected chi connectivity index (χ0v) is 18.1. The lowest BCUT2D eigenvalue weighted by molar-refractivity contribution is -0.127. The van der Waals surface area contributed by atoms with Crippen LogP contribution in [0.4, 0.5) is 8.78 Å². The molecule has 0 N–H and O–H groups in total. The summed E-state index contributed by atoms with van der Waals surface area (Å²) in [5.74, 6) is -0.516. The summed E-state index contributed by atoms with van der Waals surface area (Å²) in [4.78, 5) is 14.1. The van der Waals surface area contributed by atoms with E-state index in [9.17, 15) is 13.6 Å². The number of rotatable bonds is 7. The van der Waals surface area contributed by atoms with Crippen molar-refractivity contribution in [1.82, 2.24) is 19.7 Å². The molecule has 0 aliphatic rings. The molecule has 0 atom stereocenters. The van der Waals surface area contributed by atoms with Gasteiger partial charge in [0.2, 0.25) is 5.91 Å². The average Bonchev–Trinajstić information content (AvgIpc) is 3.23. The van der Waals surface area contributed by atoms with Crippen LogP contribution in [-0.2, 0) is 11.3 Å². The number of benzene rings is 3. The molecule has 4 rings (SSSR count). The molecule has 0 unspecified atom stereocenters. The van der Waals surface area contributed by atoms with Crippen molar-refractivity contribution in [2.75, 3.05) is 12.8 Å². The number of nitrogens with zero attached hydrogens (tertiary/aromatic N) is 4. The summed E-state index contributed by atoms with van der Waals surface area (Å²) in [7, 11) is 1.63. The fourth-order valence-electron chi connectivity index (χ4n) is 3.20. The van der Waals surface area contributed by atoms with Gasteiger partial charge in [-0.05, 0) is 30.3 Å². The molecule has 0 saturated heterocycles. The number of thioether (sulfide) groups is 1. The first-order valence-corrected chi connectivity index (χ1v) is 10.9. The van der Waals surface area contributed by atoms with E-state index < -0.39 is 5.82 Å². The zero-order valence-electron chi connectivity index (χ0n) is 17.3. The number of carbonyl (C=O) groups is 1. The third-order valence-electron chi connectivity index (χ3n) is 4.88. The minimum atomic E-state index is -0.408. The van der Waals surface area contributed by atoms with Crippen molar-refractivity contribution in [1.29, 1.82) is 0 Å². The molecule has 1 amide bonds. The van der Waals surface area contributed by atoms with Crippen LogP contribution in [0.2, 0.25) is 0 Å². The highest BCUT2D eigenvalue weighted by molar-refractivity contribution is 7.99.